The predicted molar refractivity (Wildman–Crippen MR) is 85.2 cm³/mol. The Morgan fingerprint density at radius 2 is 2.00 bits per heavy atom. The van der Waals surface area contributed by atoms with Crippen molar-refractivity contribution in [3.63, 3.8) is 0 Å². The van der Waals surface area contributed by atoms with Gasteiger partial charge >= 0.3 is 0 Å². The monoisotopic (exact) mass is 390 g/mol. The van der Waals surface area contributed by atoms with Crippen molar-refractivity contribution < 1.29 is 13.9 Å². The number of hydrogen-bond acceptors (Lipinski definition) is 2. The van der Waals surface area contributed by atoms with Gasteiger partial charge in [-0.25, -0.2) is 4.39 Å². The highest BCUT2D eigenvalue weighted by molar-refractivity contribution is 9.10. The summed E-state index contributed by atoms with van der Waals surface area (Å²) in [6.07, 6.45) is 0. The van der Waals surface area contributed by atoms with Crippen molar-refractivity contribution in [3.05, 3.63) is 61.8 Å². The third kappa shape index (κ3) is 3.39. The van der Waals surface area contributed by atoms with Gasteiger partial charge in [0, 0.05) is 16.1 Å². The van der Waals surface area contributed by atoms with Crippen LogP contribution in [-0.4, -0.2) is 12.4 Å². The molecule has 6 heteroatoms. The molecule has 0 unspecified atom stereocenters. The highest BCUT2D eigenvalue weighted by atomic mass is 79.9. The molecule has 0 radical (unpaired) electrons. The molecule has 0 aliphatic carbocycles. The predicted octanol–water partition coefficient (Wildman–Crippen LogP) is 5.52. The van der Waals surface area contributed by atoms with Gasteiger partial charge in [-0.2, -0.15) is 0 Å². The lowest BCUT2D eigenvalue weighted by molar-refractivity contribution is 0.103. The summed E-state index contributed by atoms with van der Waals surface area (Å²) in [5.41, 5.74) is 0.0375. The minimum absolute atomic E-state index is 0.0837. The van der Waals surface area contributed by atoms with E-state index in [4.69, 9.17) is 27.9 Å². The molecule has 0 N–H and O–H groups in total. The molecule has 0 atom stereocenters. The zero-order valence-electron chi connectivity index (χ0n) is 10.9. The van der Waals surface area contributed by atoms with Gasteiger partial charge in [0.25, 0.3) is 0 Å². The molecule has 0 amide bonds. The lowest BCUT2D eigenvalue weighted by Gasteiger charge is -2.11. The van der Waals surface area contributed by atoms with E-state index < -0.39 is 11.6 Å². The molecule has 0 aliphatic rings. The maximum Gasteiger partial charge on any atom is 0.198 e. The summed E-state index contributed by atoms with van der Waals surface area (Å²) in [7, 11) is 0. The van der Waals surface area contributed by atoms with Crippen molar-refractivity contribution in [2.24, 2.45) is 0 Å². The smallest absolute Gasteiger partial charge is 0.198 e. The van der Waals surface area contributed by atoms with Gasteiger partial charge in [-0.05, 0) is 41.1 Å². The van der Waals surface area contributed by atoms with E-state index in [2.05, 4.69) is 15.9 Å². The topological polar surface area (TPSA) is 26.3 Å². The number of hydrogen-bond donors (Lipinski definition) is 0. The molecule has 2 aromatic rings. The number of ketones is 1. The SMILES string of the molecule is CCOc1cc(Cl)c(C(=O)c2c(F)cccc2Br)cc1Cl. The molecule has 110 valence electrons. The van der Waals surface area contributed by atoms with Crippen LogP contribution in [0.2, 0.25) is 10.0 Å². The van der Waals surface area contributed by atoms with Gasteiger partial charge in [-0.1, -0.05) is 29.3 Å². The van der Waals surface area contributed by atoms with Crippen molar-refractivity contribution in [2.75, 3.05) is 6.61 Å². The molecular formula is C15H10BrCl2FO2. The molecule has 0 spiro atoms. The van der Waals surface area contributed by atoms with Gasteiger partial charge in [0.15, 0.2) is 5.78 Å². The van der Waals surface area contributed by atoms with Gasteiger partial charge < -0.3 is 4.74 Å². The zero-order valence-corrected chi connectivity index (χ0v) is 14.0. The van der Waals surface area contributed by atoms with E-state index >= 15 is 0 Å². The van der Waals surface area contributed by atoms with E-state index in [9.17, 15) is 9.18 Å². The van der Waals surface area contributed by atoms with Crippen molar-refractivity contribution in [2.45, 2.75) is 6.92 Å². The summed E-state index contributed by atoms with van der Waals surface area (Å²) < 4.78 is 19.5. The first-order valence-electron chi connectivity index (χ1n) is 6.06. The third-order valence-electron chi connectivity index (χ3n) is 2.76. The number of ether oxygens (including phenoxy) is 1. The molecule has 0 bridgehead atoms. The first kappa shape index (κ1) is 16.3. The Morgan fingerprint density at radius 3 is 2.62 bits per heavy atom. The third-order valence-corrected chi connectivity index (χ3v) is 4.02. The average molecular weight is 392 g/mol. The highest BCUT2D eigenvalue weighted by Crippen LogP contribution is 2.33. The number of halogens is 4. The van der Waals surface area contributed by atoms with Crippen LogP contribution in [0.1, 0.15) is 22.8 Å². The maximum absolute atomic E-state index is 13.9. The summed E-state index contributed by atoms with van der Waals surface area (Å²) in [5.74, 6) is -0.793. The Labute approximate surface area is 139 Å². The molecular weight excluding hydrogens is 382 g/mol. The van der Waals surface area contributed by atoms with E-state index in [-0.39, 0.29) is 21.2 Å². The second-order valence-electron chi connectivity index (χ2n) is 4.12. The highest BCUT2D eigenvalue weighted by Gasteiger charge is 2.21. The molecule has 0 heterocycles. The lowest BCUT2D eigenvalue weighted by Crippen LogP contribution is -2.07. The van der Waals surface area contributed by atoms with Crippen LogP contribution in [0.4, 0.5) is 4.39 Å². The summed E-state index contributed by atoms with van der Waals surface area (Å²) >= 11 is 15.3. The normalized spacial score (nSPS) is 10.5. The van der Waals surface area contributed by atoms with E-state index in [1.165, 1.54) is 24.3 Å². The van der Waals surface area contributed by atoms with Crippen LogP contribution in [0, 0.1) is 5.82 Å². The molecule has 2 nitrogen and oxygen atoms in total. The largest absolute Gasteiger partial charge is 0.492 e. The Balaban J connectivity index is 2.52. The minimum atomic E-state index is -0.629. The molecule has 2 rings (SSSR count). The van der Waals surface area contributed by atoms with Crippen LogP contribution < -0.4 is 4.74 Å². The fourth-order valence-corrected chi connectivity index (χ4v) is 2.80. The summed E-state index contributed by atoms with van der Waals surface area (Å²) in [5, 5.41) is 0.403. The second kappa shape index (κ2) is 6.77. The lowest BCUT2D eigenvalue weighted by atomic mass is 10.0. The van der Waals surface area contributed by atoms with Crippen molar-refractivity contribution in [1.29, 1.82) is 0 Å². The van der Waals surface area contributed by atoms with Gasteiger partial charge in [0.2, 0.25) is 0 Å². The van der Waals surface area contributed by atoms with Gasteiger partial charge in [0.05, 0.1) is 22.2 Å². The molecule has 0 aliphatic heterocycles. The first-order valence-corrected chi connectivity index (χ1v) is 7.61. The molecule has 2 aromatic carbocycles. The van der Waals surface area contributed by atoms with E-state index in [1.807, 2.05) is 0 Å². The fourth-order valence-electron chi connectivity index (χ4n) is 1.82. The number of rotatable bonds is 4. The van der Waals surface area contributed by atoms with E-state index in [0.29, 0.717) is 16.8 Å². The summed E-state index contributed by atoms with van der Waals surface area (Å²) in [4.78, 5) is 12.5. The fraction of sp³-hybridized carbons (Fsp3) is 0.133. The van der Waals surface area contributed by atoms with Crippen LogP contribution in [0.15, 0.2) is 34.8 Å². The van der Waals surface area contributed by atoms with Crippen LogP contribution in [0.5, 0.6) is 5.75 Å². The zero-order chi connectivity index (χ0) is 15.6. The Hall–Kier alpha value is -1.10. The number of benzene rings is 2. The van der Waals surface area contributed by atoms with Crippen molar-refractivity contribution >= 4 is 44.9 Å². The van der Waals surface area contributed by atoms with Crippen molar-refractivity contribution in [1.82, 2.24) is 0 Å². The molecule has 21 heavy (non-hydrogen) atoms. The standard InChI is InChI=1S/C15H10BrCl2FO2/c1-2-21-13-7-10(17)8(6-11(13)18)15(20)14-9(16)4-3-5-12(14)19/h3-7H,2H2,1H3. The second-order valence-corrected chi connectivity index (χ2v) is 5.79. The first-order chi connectivity index (χ1) is 9.95. The molecule has 0 fully saturated rings. The summed E-state index contributed by atoms with van der Waals surface area (Å²) in [6.45, 7) is 2.22. The van der Waals surface area contributed by atoms with Crippen LogP contribution >= 0.6 is 39.1 Å². The van der Waals surface area contributed by atoms with Crippen LogP contribution in [-0.2, 0) is 0 Å². The van der Waals surface area contributed by atoms with Gasteiger partial charge in [-0.15, -0.1) is 0 Å². The van der Waals surface area contributed by atoms with E-state index in [0.717, 1.165) is 0 Å². The molecule has 0 saturated carbocycles. The van der Waals surface area contributed by atoms with Crippen LogP contribution in [0.25, 0.3) is 0 Å². The Morgan fingerprint density at radius 1 is 1.29 bits per heavy atom. The number of carbonyl (C=O) groups excluding carboxylic acids is 1. The van der Waals surface area contributed by atoms with Crippen molar-refractivity contribution in [3.8, 4) is 5.75 Å². The maximum atomic E-state index is 13.9. The molecule has 0 aromatic heterocycles. The quantitative estimate of drug-likeness (QED) is 0.641. The van der Waals surface area contributed by atoms with Crippen LogP contribution in [0.3, 0.4) is 0 Å². The minimum Gasteiger partial charge on any atom is -0.492 e. The van der Waals surface area contributed by atoms with E-state index in [1.54, 1.807) is 13.0 Å². The Bertz CT molecular complexity index is 684. The number of carbonyl (C=O) groups is 1. The average Bonchev–Trinajstić information content (AvgIpc) is 2.42. The van der Waals surface area contributed by atoms with Gasteiger partial charge in [-0.3, -0.25) is 4.79 Å². The van der Waals surface area contributed by atoms with Gasteiger partial charge in [0.1, 0.15) is 11.6 Å². The summed E-state index contributed by atoms with van der Waals surface area (Å²) in [6, 6.07) is 7.14. The molecule has 0 saturated heterocycles. The Kier molecular flexibility index (Phi) is 5.25.